The molecule has 0 radical (unpaired) electrons. The second-order valence-corrected chi connectivity index (χ2v) is 5.30. The highest BCUT2D eigenvalue weighted by atomic mass is 16.5. The van der Waals surface area contributed by atoms with Crippen LogP contribution in [0.3, 0.4) is 0 Å². The molecule has 7 nitrogen and oxygen atoms in total. The second kappa shape index (κ2) is 21.8. The predicted octanol–water partition coefficient (Wildman–Crippen LogP) is 3.81. The van der Waals surface area contributed by atoms with Crippen LogP contribution in [0.15, 0.2) is 73.9 Å². The number of carbonyl (C=O) groups is 3. The first-order chi connectivity index (χ1) is 14.1. The summed E-state index contributed by atoms with van der Waals surface area (Å²) in [5.74, 6) is -1.75. The average molecular weight is 421 g/mol. The van der Waals surface area contributed by atoms with Crippen molar-refractivity contribution in [2.75, 3.05) is 19.8 Å². The number of rotatable bonds is 7. The maximum absolute atomic E-state index is 10.5. The van der Waals surface area contributed by atoms with Gasteiger partial charge >= 0.3 is 17.9 Å². The number of carboxylic acid groups (broad SMARTS) is 1. The van der Waals surface area contributed by atoms with E-state index >= 15 is 0 Å². The first kappa shape index (κ1) is 31.3. The highest BCUT2D eigenvalue weighted by molar-refractivity contribution is 5.86. The fraction of sp³-hybridized carbons (Fsp3) is 0.261. The number of benzene rings is 1. The Hall–Kier alpha value is -3.45. The third kappa shape index (κ3) is 24.6. The van der Waals surface area contributed by atoms with Crippen LogP contribution in [-0.4, -0.2) is 47.9 Å². The molecular weight excluding hydrogens is 388 g/mol. The van der Waals surface area contributed by atoms with E-state index in [1.54, 1.807) is 13.8 Å². The Balaban J connectivity index is -0.000000328. The molecule has 0 unspecified atom stereocenters. The number of aliphatic hydroxyl groups is 1. The van der Waals surface area contributed by atoms with Crippen molar-refractivity contribution in [2.45, 2.75) is 20.8 Å². The summed E-state index contributed by atoms with van der Waals surface area (Å²) in [6, 6.07) is 10.0. The van der Waals surface area contributed by atoms with Crippen molar-refractivity contribution in [3.63, 3.8) is 0 Å². The van der Waals surface area contributed by atoms with Gasteiger partial charge in [-0.25, -0.2) is 14.4 Å². The number of hydrogen-bond acceptors (Lipinski definition) is 6. The number of hydrogen-bond donors (Lipinski definition) is 2. The van der Waals surface area contributed by atoms with E-state index in [9.17, 15) is 14.4 Å². The molecule has 0 amide bonds. The van der Waals surface area contributed by atoms with Gasteiger partial charge in [-0.1, -0.05) is 62.7 Å². The molecule has 0 fully saturated rings. The zero-order valence-electron chi connectivity index (χ0n) is 17.9. The van der Waals surface area contributed by atoms with Crippen LogP contribution in [0.2, 0.25) is 0 Å². The van der Waals surface area contributed by atoms with Gasteiger partial charge in [0.25, 0.3) is 0 Å². The van der Waals surface area contributed by atoms with E-state index in [1.165, 1.54) is 12.5 Å². The Kier molecular flexibility index (Phi) is 22.8. The van der Waals surface area contributed by atoms with Crippen molar-refractivity contribution < 1.29 is 34.1 Å². The lowest BCUT2D eigenvalue weighted by atomic mass is 10.2. The summed E-state index contributed by atoms with van der Waals surface area (Å²) in [7, 11) is 0. The molecular formula is C23H32O7. The van der Waals surface area contributed by atoms with Crippen LogP contribution in [0.1, 0.15) is 26.3 Å². The molecule has 1 aromatic carbocycles. The number of carbonyl (C=O) groups excluding carboxylic acids is 2. The van der Waals surface area contributed by atoms with E-state index in [1.807, 2.05) is 36.4 Å². The smallest absolute Gasteiger partial charge is 0.333 e. The standard InChI is InChI=1S/C8H8.C6H10O3.C5H8O2.C4H6O2/c1-2-8-6-4-3-5-7-8;1-5(2)6(8)9-4-3-7;1-3-5(6)7-4-2;1-3(2)4(5)6/h2-7H,1H2;7H,1,3-4H2,2H3;3H,1,4H2,2H3;1H2,2H3,(H,5,6). The van der Waals surface area contributed by atoms with E-state index in [0.29, 0.717) is 12.2 Å². The monoisotopic (exact) mass is 420 g/mol. The lowest BCUT2D eigenvalue weighted by Gasteiger charge is -1.99. The molecule has 0 bridgehead atoms. The largest absolute Gasteiger partial charge is 0.478 e. The van der Waals surface area contributed by atoms with Gasteiger partial charge in [0.15, 0.2) is 0 Å². The lowest BCUT2D eigenvalue weighted by Crippen LogP contribution is -2.08. The Morgan fingerprint density at radius 1 is 1.00 bits per heavy atom. The number of esters is 2. The van der Waals surface area contributed by atoms with Crippen LogP contribution in [0.4, 0.5) is 0 Å². The Morgan fingerprint density at radius 3 is 1.73 bits per heavy atom. The molecule has 1 aromatic rings. The number of carboxylic acids is 1. The van der Waals surface area contributed by atoms with E-state index < -0.39 is 11.9 Å². The highest BCUT2D eigenvalue weighted by Gasteiger charge is 1.99. The van der Waals surface area contributed by atoms with Crippen LogP contribution >= 0.6 is 0 Å². The van der Waals surface area contributed by atoms with E-state index in [0.717, 1.165) is 6.08 Å². The summed E-state index contributed by atoms with van der Waals surface area (Å²) in [6.07, 6.45) is 2.98. The maximum Gasteiger partial charge on any atom is 0.333 e. The summed E-state index contributed by atoms with van der Waals surface area (Å²) in [6.45, 7) is 18.4. The van der Waals surface area contributed by atoms with E-state index in [4.69, 9.17) is 10.2 Å². The molecule has 1 rings (SSSR count). The molecule has 0 heterocycles. The molecule has 0 spiro atoms. The fourth-order valence-corrected chi connectivity index (χ4v) is 1.05. The molecule has 0 atom stereocenters. The SMILES string of the molecule is C=C(C)C(=O)O.C=C(C)C(=O)OCCO.C=CC(=O)OCC.C=Cc1ccccc1. The Labute approximate surface area is 178 Å². The quantitative estimate of drug-likeness (QED) is 0.510. The van der Waals surface area contributed by atoms with Crippen LogP contribution in [-0.2, 0) is 23.9 Å². The normalized spacial score (nSPS) is 8.13. The molecule has 30 heavy (non-hydrogen) atoms. The topological polar surface area (TPSA) is 110 Å². The summed E-state index contributed by atoms with van der Waals surface area (Å²) in [5.41, 5.74) is 1.70. The predicted molar refractivity (Wildman–Crippen MR) is 119 cm³/mol. The van der Waals surface area contributed by atoms with Gasteiger partial charge in [0.2, 0.25) is 0 Å². The molecule has 7 heteroatoms. The van der Waals surface area contributed by atoms with Gasteiger partial charge < -0.3 is 19.7 Å². The van der Waals surface area contributed by atoms with Gasteiger partial charge in [0, 0.05) is 17.2 Å². The van der Waals surface area contributed by atoms with Gasteiger partial charge in [-0.3, -0.25) is 0 Å². The zero-order valence-corrected chi connectivity index (χ0v) is 17.9. The molecule has 0 aliphatic rings. The minimum atomic E-state index is -0.935. The number of ether oxygens (including phenoxy) is 2. The zero-order chi connectivity index (χ0) is 23.9. The maximum atomic E-state index is 10.5. The summed E-state index contributed by atoms with van der Waals surface area (Å²) >= 11 is 0. The molecule has 0 aromatic heterocycles. The minimum Gasteiger partial charge on any atom is -0.478 e. The molecule has 0 saturated carbocycles. The Morgan fingerprint density at radius 2 is 1.50 bits per heavy atom. The molecule has 0 aliphatic carbocycles. The fourth-order valence-electron chi connectivity index (χ4n) is 1.05. The van der Waals surface area contributed by atoms with E-state index in [-0.39, 0.29) is 24.8 Å². The second-order valence-electron chi connectivity index (χ2n) is 5.30. The van der Waals surface area contributed by atoms with Gasteiger partial charge in [0.05, 0.1) is 13.2 Å². The van der Waals surface area contributed by atoms with Crippen molar-refractivity contribution in [2.24, 2.45) is 0 Å². The third-order valence-electron chi connectivity index (χ3n) is 2.53. The number of aliphatic carboxylic acids is 1. The third-order valence-corrected chi connectivity index (χ3v) is 2.53. The van der Waals surface area contributed by atoms with Crippen molar-refractivity contribution in [3.05, 3.63) is 79.4 Å². The van der Waals surface area contributed by atoms with Gasteiger partial charge in [-0.15, -0.1) is 0 Å². The van der Waals surface area contributed by atoms with Crippen molar-refractivity contribution >= 4 is 24.0 Å². The summed E-state index contributed by atoms with van der Waals surface area (Å²) in [4.78, 5) is 30.1. The highest BCUT2D eigenvalue weighted by Crippen LogP contribution is 1.97. The minimum absolute atomic E-state index is 0.0473. The first-order valence-corrected chi connectivity index (χ1v) is 8.86. The lowest BCUT2D eigenvalue weighted by molar-refractivity contribution is -0.140. The first-order valence-electron chi connectivity index (χ1n) is 8.86. The molecule has 2 N–H and O–H groups in total. The Bertz CT molecular complexity index is 664. The summed E-state index contributed by atoms with van der Waals surface area (Å²) < 4.78 is 8.90. The summed E-state index contributed by atoms with van der Waals surface area (Å²) in [5, 5.41) is 16.1. The average Bonchev–Trinajstić information content (AvgIpc) is 2.73. The van der Waals surface area contributed by atoms with E-state index in [2.05, 4.69) is 35.8 Å². The van der Waals surface area contributed by atoms with Crippen molar-refractivity contribution in [1.29, 1.82) is 0 Å². The van der Waals surface area contributed by atoms with Crippen LogP contribution in [0.25, 0.3) is 6.08 Å². The van der Waals surface area contributed by atoms with Crippen LogP contribution in [0, 0.1) is 0 Å². The molecule has 0 aliphatic heterocycles. The van der Waals surface area contributed by atoms with Crippen LogP contribution < -0.4 is 0 Å². The van der Waals surface area contributed by atoms with Gasteiger partial charge in [0.1, 0.15) is 6.61 Å². The van der Waals surface area contributed by atoms with Gasteiger partial charge in [-0.05, 0) is 26.3 Å². The van der Waals surface area contributed by atoms with Gasteiger partial charge in [-0.2, -0.15) is 0 Å². The molecule has 166 valence electrons. The van der Waals surface area contributed by atoms with Crippen molar-refractivity contribution in [1.82, 2.24) is 0 Å². The number of aliphatic hydroxyl groups excluding tert-OH is 1. The molecule has 0 saturated heterocycles. The van der Waals surface area contributed by atoms with Crippen LogP contribution in [0.5, 0.6) is 0 Å². The van der Waals surface area contributed by atoms with Crippen molar-refractivity contribution in [3.8, 4) is 0 Å².